The van der Waals surface area contributed by atoms with E-state index in [0.29, 0.717) is 18.2 Å². The average molecular weight is 342 g/mol. The number of rotatable bonds is 7. The number of methoxy groups -OCH3 is 1. The predicted molar refractivity (Wildman–Crippen MR) is 88.8 cm³/mol. The second-order valence-electron chi connectivity index (χ2n) is 6.26. The molecule has 8 heteroatoms. The summed E-state index contributed by atoms with van der Waals surface area (Å²) in [4.78, 5) is 14.4. The fraction of sp³-hybridized carbons (Fsp3) is 0.800. The lowest BCUT2D eigenvalue weighted by Gasteiger charge is -2.33. The number of β-amino-alcohol motifs (C(OH)–C–C–N with tert-alkyl or cyclic N) is 1. The average Bonchev–Trinajstić information content (AvgIpc) is 3.00. The monoisotopic (exact) mass is 342 g/mol. The van der Waals surface area contributed by atoms with E-state index in [-0.39, 0.29) is 17.9 Å². The minimum atomic E-state index is -0.456. The summed E-state index contributed by atoms with van der Waals surface area (Å²) in [7, 11) is 1.59. The minimum absolute atomic E-state index is 0.132. The van der Waals surface area contributed by atoms with Gasteiger partial charge in [0.1, 0.15) is 5.01 Å². The zero-order valence-corrected chi connectivity index (χ0v) is 14.8. The molecule has 0 saturated carbocycles. The highest BCUT2D eigenvalue weighted by Gasteiger charge is 2.24. The Kier molecular flexibility index (Phi) is 6.88. The molecule has 2 N–H and O–H groups in total. The molecule has 130 valence electrons. The lowest BCUT2D eigenvalue weighted by atomic mass is 10.0. The van der Waals surface area contributed by atoms with Gasteiger partial charge in [-0.2, -0.15) is 0 Å². The second kappa shape index (κ2) is 8.68. The normalized spacial score (nSPS) is 18.3. The van der Waals surface area contributed by atoms with Gasteiger partial charge in [-0.3, -0.25) is 4.79 Å². The molecule has 2 rings (SSSR count). The van der Waals surface area contributed by atoms with E-state index in [1.165, 1.54) is 11.3 Å². The highest BCUT2D eigenvalue weighted by Crippen LogP contribution is 2.19. The van der Waals surface area contributed by atoms with Crippen molar-refractivity contribution in [3.63, 3.8) is 0 Å². The van der Waals surface area contributed by atoms with Crippen molar-refractivity contribution in [2.75, 3.05) is 33.4 Å². The van der Waals surface area contributed by atoms with E-state index >= 15 is 0 Å². The van der Waals surface area contributed by atoms with Crippen LogP contribution in [0.5, 0.6) is 0 Å². The van der Waals surface area contributed by atoms with Gasteiger partial charge in [0.25, 0.3) is 5.91 Å². The quantitative estimate of drug-likeness (QED) is 0.764. The van der Waals surface area contributed by atoms with Gasteiger partial charge in [0.15, 0.2) is 0 Å². The second-order valence-corrected chi connectivity index (χ2v) is 7.27. The number of aliphatic hydroxyl groups is 1. The van der Waals surface area contributed by atoms with Crippen LogP contribution in [0.2, 0.25) is 0 Å². The smallest absolute Gasteiger partial charge is 0.282 e. The third kappa shape index (κ3) is 5.49. The Morgan fingerprint density at radius 1 is 1.43 bits per heavy atom. The van der Waals surface area contributed by atoms with E-state index in [1.54, 1.807) is 7.11 Å². The van der Waals surface area contributed by atoms with Crippen molar-refractivity contribution in [2.24, 2.45) is 0 Å². The maximum Gasteiger partial charge on any atom is 0.282 e. The Morgan fingerprint density at radius 2 is 2.13 bits per heavy atom. The van der Waals surface area contributed by atoms with Crippen LogP contribution in [0.1, 0.15) is 47.4 Å². The Balaban J connectivity index is 1.76. The molecule has 1 aliphatic rings. The summed E-state index contributed by atoms with van der Waals surface area (Å²) >= 11 is 1.36. The molecule has 0 unspecified atom stereocenters. The molecule has 1 aliphatic heterocycles. The number of nitrogens with one attached hydrogen (secondary N) is 1. The third-order valence-corrected chi connectivity index (χ3v) is 5.10. The number of carbonyl (C=O) groups is 1. The van der Waals surface area contributed by atoms with Gasteiger partial charge in [0.2, 0.25) is 5.01 Å². The molecule has 0 bridgehead atoms. The van der Waals surface area contributed by atoms with E-state index in [1.807, 2.05) is 13.8 Å². The summed E-state index contributed by atoms with van der Waals surface area (Å²) in [6.07, 6.45) is 1.30. The molecule has 7 nitrogen and oxygen atoms in total. The Morgan fingerprint density at radius 3 is 2.70 bits per heavy atom. The van der Waals surface area contributed by atoms with Crippen LogP contribution in [0.4, 0.5) is 0 Å². The van der Waals surface area contributed by atoms with Gasteiger partial charge in [-0.25, -0.2) is 0 Å². The van der Waals surface area contributed by atoms with Gasteiger partial charge in [-0.15, -0.1) is 10.2 Å². The largest absolute Gasteiger partial charge is 0.389 e. The van der Waals surface area contributed by atoms with E-state index in [0.717, 1.165) is 30.9 Å². The Bertz CT molecular complexity index is 501. The summed E-state index contributed by atoms with van der Waals surface area (Å²) in [5, 5.41) is 22.2. The third-order valence-electron chi connectivity index (χ3n) is 3.88. The molecule has 1 atom stereocenters. The first-order chi connectivity index (χ1) is 11.0. The number of piperidine rings is 1. The number of hydrogen-bond acceptors (Lipinski definition) is 7. The number of aliphatic hydroxyl groups excluding tert-OH is 1. The highest BCUT2D eigenvalue weighted by atomic mass is 32.1. The zero-order chi connectivity index (χ0) is 16.8. The van der Waals surface area contributed by atoms with Gasteiger partial charge in [-0.1, -0.05) is 25.2 Å². The van der Waals surface area contributed by atoms with Crippen molar-refractivity contribution < 1.29 is 14.6 Å². The van der Waals surface area contributed by atoms with Crippen LogP contribution in [0.25, 0.3) is 0 Å². The SMILES string of the molecule is COC[C@@H](O)CN1CCC(NC(=O)c2nnc(C(C)C)s2)CC1. The van der Waals surface area contributed by atoms with E-state index < -0.39 is 6.10 Å². The summed E-state index contributed by atoms with van der Waals surface area (Å²) in [5.41, 5.74) is 0. The van der Waals surface area contributed by atoms with Crippen molar-refractivity contribution in [3.8, 4) is 0 Å². The van der Waals surface area contributed by atoms with Crippen molar-refractivity contribution in [3.05, 3.63) is 10.0 Å². The molecule has 23 heavy (non-hydrogen) atoms. The van der Waals surface area contributed by atoms with Crippen LogP contribution in [0.3, 0.4) is 0 Å². The zero-order valence-electron chi connectivity index (χ0n) is 14.0. The van der Waals surface area contributed by atoms with Crippen molar-refractivity contribution in [1.29, 1.82) is 0 Å². The fourth-order valence-electron chi connectivity index (χ4n) is 2.61. The van der Waals surface area contributed by atoms with Gasteiger partial charge >= 0.3 is 0 Å². The number of carbonyl (C=O) groups excluding carboxylic acids is 1. The summed E-state index contributed by atoms with van der Waals surface area (Å²) in [6, 6.07) is 0.157. The maximum absolute atomic E-state index is 12.2. The minimum Gasteiger partial charge on any atom is -0.389 e. The van der Waals surface area contributed by atoms with Crippen LogP contribution in [-0.4, -0.2) is 71.6 Å². The number of ether oxygens (including phenoxy) is 1. The van der Waals surface area contributed by atoms with Crippen LogP contribution < -0.4 is 5.32 Å². The van der Waals surface area contributed by atoms with Gasteiger partial charge < -0.3 is 20.1 Å². The molecule has 1 saturated heterocycles. The molecule has 1 amide bonds. The number of nitrogens with zero attached hydrogens (tertiary/aromatic N) is 3. The van der Waals surface area contributed by atoms with Gasteiger partial charge in [0, 0.05) is 38.7 Å². The Labute approximate surface area is 141 Å². The van der Waals surface area contributed by atoms with Crippen LogP contribution in [0, 0.1) is 0 Å². The molecule has 2 heterocycles. The summed E-state index contributed by atoms with van der Waals surface area (Å²) in [5.74, 6) is 0.156. The highest BCUT2D eigenvalue weighted by molar-refractivity contribution is 7.13. The number of likely N-dealkylation sites (tertiary alicyclic amines) is 1. The van der Waals surface area contributed by atoms with E-state index in [9.17, 15) is 9.90 Å². The molecule has 0 radical (unpaired) electrons. The first kappa shape index (κ1) is 18.3. The van der Waals surface area contributed by atoms with Crippen LogP contribution in [0.15, 0.2) is 0 Å². The molecule has 1 aromatic rings. The molecule has 0 spiro atoms. The molecule has 1 aromatic heterocycles. The van der Waals surface area contributed by atoms with Crippen molar-refractivity contribution in [1.82, 2.24) is 20.4 Å². The first-order valence-corrected chi connectivity index (χ1v) is 8.84. The summed E-state index contributed by atoms with van der Waals surface area (Å²) in [6.45, 7) is 6.76. The topological polar surface area (TPSA) is 87.6 Å². The molecule has 0 aromatic carbocycles. The van der Waals surface area contributed by atoms with Gasteiger partial charge in [0.05, 0.1) is 12.7 Å². The lowest BCUT2D eigenvalue weighted by molar-refractivity contribution is 0.0309. The predicted octanol–water partition coefficient (Wildman–Crippen LogP) is 0.863. The van der Waals surface area contributed by atoms with Crippen LogP contribution >= 0.6 is 11.3 Å². The van der Waals surface area contributed by atoms with Crippen molar-refractivity contribution in [2.45, 2.75) is 44.8 Å². The molecular formula is C15H26N4O3S. The molecular weight excluding hydrogens is 316 g/mol. The van der Waals surface area contributed by atoms with E-state index in [4.69, 9.17) is 4.74 Å². The van der Waals surface area contributed by atoms with Crippen molar-refractivity contribution >= 4 is 17.2 Å². The fourth-order valence-corrected chi connectivity index (χ4v) is 3.36. The Hall–Kier alpha value is -1.09. The lowest BCUT2D eigenvalue weighted by Crippen LogP contribution is -2.47. The maximum atomic E-state index is 12.2. The van der Waals surface area contributed by atoms with Gasteiger partial charge in [-0.05, 0) is 12.8 Å². The number of amides is 1. The standard InChI is InChI=1S/C15H26N4O3S/c1-10(2)14-17-18-15(23-14)13(21)16-11-4-6-19(7-5-11)8-12(20)9-22-3/h10-12,20H,4-9H2,1-3H3,(H,16,21)/t12-/m0/s1. The number of aromatic nitrogens is 2. The molecule has 0 aliphatic carbocycles. The first-order valence-electron chi connectivity index (χ1n) is 8.03. The van der Waals surface area contributed by atoms with Crippen LogP contribution in [-0.2, 0) is 4.74 Å². The summed E-state index contributed by atoms with van der Waals surface area (Å²) < 4.78 is 4.94. The number of hydrogen-bond donors (Lipinski definition) is 2. The van der Waals surface area contributed by atoms with E-state index in [2.05, 4.69) is 20.4 Å². The molecule has 1 fully saturated rings.